The number of H-pyrrole nitrogens is 1. The third kappa shape index (κ3) is 2.56. The molecule has 1 amide bonds. The van der Waals surface area contributed by atoms with Crippen molar-refractivity contribution >= 4 is 22.6 Å². The first kappa shape index (κ1) is 15.7. The Hall–Kier alpha value is -2.83. The summed E-state index contributed by atoms with van der Waals surface area (Å²) in [6, 6.07) is 10.6. The van der Waals surface area contributed by atoms with Gasteiger partial charge in [-0.3, -0.25) is 4.79 Å². The van der Waals surface area contributed by atoms with Crippen LogP contribution in [0.25, 0.3) is 11.0 Å². The van der Waals surface area contributed by atoms with E-state index in [0.29, 0.717) is 23.3 Å². The fourth-order valence-corrected chi connectivity index (χ4v) is 3.36. The molecule has 25 heavy (non-hydrogen) atoms. The molecule has 3 aromatic rings. The van der Waals surface area contributed by atoms with Crippen LogP contribution in [0.4, 0.5) is 18.9 Å². The lowest BCUT2D eigenvalue weighted by atomic mass is 10.1. The topological polar surface area (TPSA) is 49.0 Å². The van der Waals surface area contributed by atoms with Crippen LogP contribution in [-0.2, 0) is 17.4 Å². The zero-order valence-electron chi connectivity index (χ0n) is 13.3. The lowest BCUT2D eigenvalue weighted by Crippen LogP contribution is -2.30. The fraction of sp³-hybridized carbons (Fsp3) is 0.222. The highest BCUT2D eigenvalue weighted by molar-refractivity contribution is 5.94. The average Bonchev–Trinajstić information content (AvgIpc) is 3.14. The summed E-state index contributed by atoms with van der Waals surface area (Å²) in [6.45, 7) is 1.47. The number of benzene rings is 2. The molecule has 1 aliphatic rings. The van der Waals surface area contributed by atoms with Crippen LogP contribution in [0.15, 0.2) is 42.5 Å². The zero-order chi connectivity index (χ0) is 17.8. The van der Waals surface area contributed by atoms with Crippen molar-refractivity contribution in [2.45, 2.75) is 25.6 Å². The number of halogens is 3. The summed E-state index contributed by atoms with van der Waals surface area (Å²) < 4.78 is 38.7. The van der Waals surface area contributed by atoms with Gasteiger partial charge in [-0.1, -0.05) is 18.2 Å². The molecule has 0 bridgehead atoms. The number of nitrogens with zero attached hydrogens (tertiary/aromatic N) is 2. The Morgan fingerprint density at radius 1 is 1.24 bits per heavy atom. The third-order valence-electron chi connectivity index (χ3n) is 4.46. The van der Waals surface area contributed by atoms with Gasteiger partial charge < -0.3 is 9.88 Å². The van der Waals surface area contributed by atoms with Crippen LogP contribution < -0.4 is 4.90 Å². The summed E-state index contributed by atoms with van der Waals surface area (Å²) in [5.41, 5.74) is 1.86. The number of fused-ring (bicyclic) bond motifs is 2. The van der Waals surface area contributed by atoms with Crippen molar-refractivity contribution in [3.63, 3.8) is 0 Å². The van der Waals surface area contributed by atoms with Crippen LogP contribution in [0.5, 0.6) is 0 Å². The van der Waals surface area contributed by atoms with E-state index < -0.39 is 11.7 Å². The van der Waals surface area contributed by atoms with E-state index >= 15 is 0 Å². The Morgan fingerprint density at radius 3 is 2.72 bits per heavy atom. The molecule has 1 unspecified atom stereocenters. The van der Waals surface area contributed by atoms with Crippen LogP contribution in [0, 0.1) is 0 Å². The summed E-state index contributed by atoms with van der Waals surface area (Å²) in [5.74, 6) is 0.354. The molecule has 1 N–H and O–H groups in total. The number of alkyl halides is 3. The van der Waals surface area contributed by atoms with Crippen molar-refractivity contribution in [3.8, 4) is 0 Å². The molecule has 1 aromatic heterocycles. The van der Waals surface area contributed by atoms with Crippen molar-refractivity contribution in [3.05, 3.63) is 59.4 Å². The molecule has 0 saturated heterocycles. The Labute approximate surface area is 141 Å². The van der Waals surface area contributed by atoms with Gasteiger partial charge in [0.2, 0.25) is 5.91 Å². The quantitative estimate of drug-likeness (QED) is 0.717. The van der Waals surface area contributed by atoms with E-state index in [1.807, 2.05) is 24.3 Å². The molecule has 1 aliphatic heterocycles. The molecule has 0 radical (unpaired) electrons. The summed E-state index contributed by atoms with van der Waals surface area (Å²) in [7, 11) is 0. The van der Waals surface area contributed by atoms with Crippen LogP contribution >= 0.6 is 0 Å². The van der Waals surface area contributed by atoms with Crippen molar-refractivity contribution in [2.75, 3.05) is 4.90 Å². The van der Waals surface area contributed by atoms with Gasteiger partial charge in [0, 0.05) is 19.0 Å². The number of aromatic nitrogens is 2. The number of amides is 1. The van der Waals surface area contributed by atoms with Crippen LogP contribution in [-0.4, -0.2) is 15.9 Å². The molecular formula is C18H14F3N3O. The normalized spacial score (nSPS) is 17.1. The van der Waals surface area contributed by atoms with Gasteiger partial charge in [0.15, 0.2) is 0 Å². The molecule has 2 heterocycles. The first-order valence-electron chi connectivity index (χ1n) is 7.79. The molecule has 128 valence electrons. The van der Waals surface area contributed by atoms with Crippen LogP contribution in [0.1, 0.15) is 29.9 Å². The third-order valence-corrected chi connectivity index (χ3v) is 4.46. The van der Waals surface area contributed by atoms with Gasteiger partial charge in [0.25, 0.3) is 0 Å². The predicted molar refractivity (Wildman–Crippen MR) is 87.1 cm³/mol. The van der Waals surface area contributed by atoms with E-state index in [0.717, 1.165) is 23.4 Å². The summed E-state index contributed by atoms with van der Waals surface area (Å²) in [4.78, 5) is 21.1. The molecule has 2 aromatic carbocycles. The molecule has 0 aliphatic carbocycles. The van der Waals surface area contributed by atoms with Crippen LogP contribution in [0.3, 0.4) is 0 Å². The predicted octanol–water partition coefficient (Wildman–Crippen LogP) is 4.23. The van der Waals surface area contributed by atoms with Gasteiger partial charge in [-0.2, -0.15) is 13.2 Å². The number of rotatable bonds is 1. The second kappa shape index (κ2) is 5.34. The highest BCUT2D eigenvalue weighted by Crippen LogP contribution is 2.40. The van der Waals surface area contributed by atoms with Crippen molar-refractivity contribution in [2.24, 2.45) is 0 Å². The maximum Gasteiger partial charge on any atom is 0.416 e. The summed E-state index contributed by atoms with van der Waals surface area (Å²) >= 11 is 0. The summed E-state index contributed by atoms with van der Waals surface area (Å²) in [6.07, 6.45) is -3.84. The van der Waals surface area contributed by atoms with Gasteiger partial charge >= 0.3 is 6.18 Å². The minimum absolute atomic E-state index is 0.133. The lowest BCUT2D eigenvalue weighted by Gasteiger charge is -2.22. The fourth-order valence-electron chi connectivity index (χ4n) is 3.36. The second-order valence-electron chi connectivity index (χ2n) is 6.09. The minimum atomic E-state index is -4.41. The number of hydrogen-bond donors (Lipinski definition) is 1. The number of imidazole rings is 1. The van der Waals surface area contributed by atoms with Gasteiger partial charge in [0.05, 0.1) is 22.6 Å². The van der Waals surface area contributed by atoms with Crippen molar-refractivity contribution in [1.29, 1.82) is 0 Å². The number of carbonyl (C=O) groups is 1. The Kier molecular flexibility index (Phi) is 3.35. The molecule has 0 fully saturated rings. The molecule has 7 heteroatoms. The maximum absolute atomic E-state index is 12.9. The molecule has 0 spiro atoms. The molecule has 0 saturated carbocycles. The first-order valence-corrected chi connectivity index (χ1v) is 7.79. The number of anilines is 1. The maximum atomic E-state index is 12.9. The van der Waals surface area contributed by atoms with Gasteiger partial charge in [0.1, 0.15) is 5.82 Å². The zero-order valence-corrected chi connectivity index (χ0v) is 13.3. The van der Waals surface area contributed by atoms with E-state index in [2.05, 4.69) is 9.97 Å². The van der Waals surface area contributed by atoms with E-state index in [-0.39, 0.29) is 11.9 Å². The Bertz CT molecular complexity index is 977. The lowest BCUT2D eigenvalue weighted by molar-refractivity contribution is -0.137. The molecule has 4 rings (SSSR count). The summed E-state index contributed by atoms with van der Waals surface area (Å²) in [5, 5.41) is 0. The van der Waals surface area contributed by atoms with Crippen molar-refractivity contribution < 1.29 is 18.0 Å². The number of para-hydroxylation sites is 1. The smallest absolute Gasteiger partial charge is 0.340 e. The largest absolute Gasteiger partial charge is 0.416 e. The van der Waals surface area contributed by atoms with Gasteiger partial charge in [-0.25, -0.2) is 4.98 Å². The molecular weight excluding hydrogens is 331 g/mol. The highest BCUT2D eigenvalue weighted by Gasteiger charge is 2.35. The van der Waals surface area contributed by atoms with Crippen LogP contribution in [0.2, 0.25) is 0 Å². The Balaban J connectivity index is 1.78. The first-order chi connectivity index (χ1) is 11.8. The van der Waals surface area contributed by atoms with E-state index in [4.69, 9.17) is 0 Å². The monoisotopic (exact) mass is 345 g/mol. The van der Waals surface area contributed by atoms with Gasteiger partial charge in [-0.15, -0.1) is 0 Å². The Morgan fingerprint density at radius 2 is 2.00 bits per heavy atom. The number of carbonyl (C=O) groups excluding carboxylic acids is 1. The van der Waals surface area contributed by atoms with E-state index in [1.54, 1.807) is 4.90 Å². The van der Waals surface area contributed by atoms with Crippen molar-refractivity contribution in [1.82, 2.24) is 9.97 Å². The second-order valence-corrected chi connectivity index (χ2v) is 6.09. The average molecular weight is 345 g/mol. The van der Waals surface area contributed by atoms with E-state index in [9.17, 15) is 18.0 Å². The van der Waals surface area contributed by atoms with E-state index in [1.165, 1.54) is 13.0 Å². The molecule has 1 atom stereocenters. The molecule has 4 nitrogen and oxygen atoms in total. The number of nitrogens with one attached hydrogen (secondary N) is 1. The number of aromatic amines is 1. The van der Waals surface area contributed by atoms with Gasteiger partial charge in [-0.05, 0) is 29.8 Å². The standard InChI is InChI=1S/C18H14F3N3O/c1-10(25)24-15-5-3-2-4-11(15)8-16(24)17-22-13-7-6-12(18(19,20)21)9-14(13)23-17/h2-7,9,16H,8H2,1H3,(H,22,23). The number of hydrogen-bond acceptors (Lipinski definition) is 2. The minimum Gasteiger partial charge on any atom is -0.340 e. The highest BCUT2D eigenvalue weighted by atomic mass is 19.4. The SMILES string of the molecule is CC(=O)N1c2ccccc2CC1c1nc2ccc(C(F)(F)F)cc2[nH]1.